The van der Waals surface area contributed by atoms with Crippen LogP contribution in [-0.4, -0.2) is 45.1 Å². The fourth-order valence-electron chi connectivity index (χ4n) is 3.59. The van der Waals surface area contributed by atoms with E-state index in [4.69, 9.17) is 10.7 Å². The molecule has 1 saturated heterocycles. The van der Waals surface area contributed by atoms with Crippen LogP contribution in [0.1, 0.15) is 6.42 Å². The predicted octanol–water partition coefficient (Wildman–Crippen LogP) is 2.62. The number of benzene rings is 1. The summed E-state index contributed by atoms with van der Waals surface area (Å²) in [5, 5.41) is 8.37. The lowest BCUT2D eigenvalue weighted by Crippen LogP contribution is -2.29. The van der Waals surface area contributed by atoms with E-state index in [9.17, 15) is 4.79 Å². The Bertz CT molecular complexity index is 1250. The Balaban J connectivity index is 1.65. The largest absolute Gasteiger partial charge is 0.383 e. The van der Waals surface area contributed by atoms with Gasteiger partial charge in [-0.25, -0.2) is 4.98 Å². The lowest BCUT2D eigenvalue weighted by atomic mass is 10.1. The SMILES string of the molecule is Nc1c(Br)c(N2CCNC(=O)CC2)nc2c(-c3cnc4ccccc4c3)cnn12. The van der Waals surface area contributed by atoms with E-state index in [-0.39, 0.29) is 5.91 Å². The Morgan fingerprint density at radius 2 is 2.03 bits per heavy atom. The molecule has 9 heteroatoms. The number of pyridine rings is 1. The molecule has 0 aliphatic carbocycles. The van der Waals surface area contributed by atoms with E-state index in [2.05, 4.69) is 42.3 Å². The third kappa shape index (κ3) is 3.07. The minimum absolute atomic E-state index is 0.0463. The molecule has 0 atom stereocenters. The van der Waals surface area contributed by atoms with Crippen molar-refractivity contribution >= 4 is 50.0 Å². The molecule has 1 aromatic carbocycles. The molecule has 8 nitrogen and oxygen atoms in total. The average Bonchev–Trinajstić information content (AvgIpc) is 3.05. The summed E-state index contributed by atoms with van der Waals surface area (Å²) in [5.74, 6) is 1.22. The number of fused-ring (bicyclic) bond motifs is 2. The monoisotopic (exact) mass is 451 g/mol. The van der Waals surface area contributed by atoms with Crippen LogP contribution in [0.15, 0.2) is 47.2 Å². The molecule has 0 unspecified atom stereocenters. The van der Waals surface area contributed by atoms with Gasteiger partial charge in [0, 0.05) is 48.8 Å². The second-order valence-corrected chi connectivity index (χ2v) is 7.72. The molecule has 0 radical (unpaired) electrons. The highest BCUT2D eigenvalue weighted by Gasteiger charge is 2.22. The second-order valence-electron chi connectivity index (χ2n) is 6.93. The van der Waals surface area contributed by atoms with Gasteiger partial charge in [-0.3, -0.25) is 9.78 Å². The number of hydrogen-bond acceptors (Lipinski definition) is 6. The van der Waals surface area contributed by atoms with Gasteiger partial charge in [-0.15, -0.1) is 0 Å². The number of nitrogens with zero attached hydrogens (tertiary/aromatic N) is 5. The van der Waals surface area contributed by atoms with Crippen molar-refractivity contribution in [1.29, 1.82) is 0 Å². The molecule has 0 bridgehead atoms. The molecule has 5 rings (SSSR count). The number of halogens is 1. The number of nitrogens with one attached hydrogen (secondary N) is 1. The van der Waals surface area contributed by atoms with Gasteiger partial charge in [-0.2, -0.15) is 9.61 Å². The maximum absolute atomic E-state index is 11.7. The van der Waals surface area contributed by atoms with Gasteiger partial charge in [0.2, 0.25) is 5.91 Å². The van der Waals surface area contributed by atoms with Crippen LogP contribution < -0.4 is 16.0 Å². The Morgan fingerprint density at radius 3 is 2.93 bits per heavy atom. The Hall–Kier alpha value is -3.20. The summed E-state index contributed by atoms with van der Waals surface area (Å²) in [4.78, 5) is 23.2. The van der Waals surface area contributed by atoms with E-state index in [0.29, 0.717) is 47.8 Å². The third-order valence-corrected chi connectivity index (χ3v) is 5.88. The first-order chi connectivity index (χ1) is 14.1. The van der Waals surface area contributed by atoms with Crippen LogP contribution >= 0.6 is 15.9 Å². The van der Waals surface area contributed by atoms with E-state index in [1.54, 1.807) is 10.7 Å². The fraction of sp³-hybridized carbons (Fsp3) is 0.200. The highest BCUT2D eigenvalue weighted by molar-refractivity contribution is 9.10. The van der Waals surface area contributed by atoms with Gasteiger partial charge in [-0.1, -0.05) is 18.2 Å². The molecular formula is C20H18BrN7O. The number of anilines is 2. The van der Waals surface area contributed by atoms with Crippen LogP contribution in [-0.2, 0) is 4.79 Å². The number of carbonyl (C=O) groups excluding carboxylic acids is 1. The highest BCUT2D eigenvalue weighted by Crippen LogP contribution is 2.34. The first-order valence-electron chi connectivity index (χ1n) is 9.31. The molecule has 0 saturated carbocycles. The Kier molecular flexibility index (Phi) is 4.31. The van der Waals surface area contributed by atoms with Crippen molar-refractivity contribution < 1.29 is 4.79 Å². The van der Waals surface area contributed by atoms with Crippen LogP contribution in [0.5, 0.6) is 0 Å². The Labute approximate surface area is 174 Å². The van der Waals surface area contributed by atoms with Crippen LogP contribution in [0.3, 0.4) is 0 Å². The lowest BCUT2D eigenvalue weighted by Gasteiger charge is -2.23. The molecule has 4 heterocycles. The average molecular weight is 452 g/mol. The molecule has 3 aromatic heterocycles. The fourth-order valence-corrected chi connectivity index (χ4v) is 4.10. The zero-order chi connectivity index (χ0) is 20.0. The number of hydrogen-bond donors (Lipinski definition) is 2. The first-order valence-corrected chi connectivity index (χ1v) is 10.1. The Morgan fingerprint density at radius 1 is 1.17 bits per heavy atom. The molecule has 3 N–H and O–H groups in total. The van der Waals surface area contributed by atoms with Crippen molar-refractivity contribution in [3.63, 3.8) is 0 Å². The number of para-hydroxylation sites is 1. The van der Waals surface area contributed by atoms with Gasteiger partial charge < -0.3 is 16.0 Å². The summed E-state index contributed by atoms with van der Waals surface area (Å²) in [7, 11) is 0. The smallest absolute Gasteiger partial charge is 0.221 e. The molecule has 29 heavy (non-hydrogen) atoms. The van der Waals surface area contributed by atoms with Crippen molar-refractivity contribution in [3.05, 3.63) is 47.2 Å². The number of carbonyl (C=O) groups is 1. The maximum atomic E-state index is 11.7. The number of nitrogen functional groups attached to an aromatic ring is 1. The summed E-state index contributed by atoms with van der Waals surface area (Å²) < 4.78 is 2.30. The summed E-state index contributed by atoms with van der Waals surface area (Å²) in [5.41, 5.74) is 9.73. The summed E-state index contributed by atoms with van der Waals surface area (Å²) in [6.45, 7) is 1.81. The zero-order valence-corrected chi connectivity index (χ0v) is 17.1. The van der Waals surface area contributed by atoms with E-state index >= 15 is 0 Å². The van der Waals surface area contributed by atoms with E-state index in [1.807, 2.05) is 30.5 Å². The van der Waals surface area contributed by atoms with Crippen molar-refractivity contribution in [3.8, 4) is 11.1 Å². The van der Waals surface area contributed by atoms with Crippen LogP contribution in [0.2, 0.25) is 0 Å². The summed E-state index contributed by atoms with van der Waals surface area (Å²) in [6.07, 6.45) is 4.00. The lowest BCUT2D eigenvalue weighted by molar-refractivity contribution is -0.120. The summed E-state index contributed by atoms with van der Waals surface area (Å²) >= 11 is 3.57. The van der Waals surface area contributed by atoms with Crippen LogP contribution in [0.25, 0.3) is 27.7 Å². The van der Waals surface area contributed by atoms with Crippen molar-refractivity contribution in [2.45, 2.75) is 6.42 Å². The van der Waals surface area contributed by atoms with Gasteiger partial charge in [-0.05, 0) is 28.1 Å². The van der Waals surface area contributed by atoms with Crippen molar-refractivity contribution in [2.24, 2.45) is 0 Å². The van der Waals surface area contributed by atoms with Crippen LogP contribution in [0.4, 0.5) is 11.6 Å². The molecule has 1 aliphatic heterocycles. The molecule has 1 fully saturated rings. The second kappa shape index (κ2) is 7.00. The predicted molar refractivity (Wildman–Crippen MR) is 116 cm³/mol. The molecule has 1 amide bonds. The van der Waals surface area contributed by atoms with Crippen molar-refractivity contribution in [2.75, 3.05) is 30.3 Å². The van der Waals surface area contributed by atoms with Gasteiger partial charge >= 0.3 is 0 Å². The van der Waals surface area contributed by atoms with E-state index in [0.717, 1.165) is 22.0 Å². The molecule has 146 valence electrons. The molecule has 1 aliphatic rings. The van der Waals surface area contributed by atoms with Crippen LogP contribution in [0, 0.1) is 0 Å². The minimum Gasteiger partial charge on any atom is -0.383 e. The van der Waals surface area contributed by atoms with E-state index in [1.165, 1.54) is 0 Å². The first kappa shape index (κ1) is 17.9. The topological polar surface area (TPSA) is 101 Å². The van der Waals surface area contributed by atoms with Gasteiger partial charge in [0.05, 0.1) is 11.7 Å². The molecule has 0 spiro atoms. The van der Waals surface area contributed by atoms with Gasteiger partial charge in [0.15, 0.2) is 5.65 Å². The normalized spacial score (nSPS) is 14.9. The number of amides is 1. The minimum atomic E-state index is 0.0463. The van der Waals surface area contributed by atoms with Crippen molar-refractivity contribution in [1.82, 2.24) is 24.9 Å². The third-order valence-electron chi connectivity index (χ3n) is 5.12. The number of aromatic nitrogens is 4. The number of nitrogens with two attached hydrogens (primary N) is 1. The maximum Gasteiger partial charge on any atom is 0.221 e. The summed E-state index contributed by atoms with van der Waals surface area (Å²) in [6, 6.07) is 10.0. The van der Waals surface area contributed by atoms with E-state index < -0.39 is 0 Å². The number of rotatable bonds is 2. The zero-order valence-electron chi connectivity index (χ0n) is 15.5. The van der Waals surface area contributed by atoms with Gasteiger partial charge in [0.25, 0.3) is 0 Å². The highest BCUT2D eigenvalue weighted by atomic mass is 79.9. The quantitative estimate of drug-likeness (QED) is 0.485. The standard InChI is InChI=1S/C20H18BrN7O/c21-17-18(22)28-19(26-20(17)27-7-5-16(29)23-6-8-27)14(11-25-28)13-9-12-3-1-2-4-15(12)24-10-13/h1-4,9-11H,5-8,22H2,(H,23,29). The molecule has 4 aromatic rings. The van der Waals surface area contributed by atoms with Gasteiger partial charge in [0.1, 0.15) is 16.1 Å². The molecular weight excluding hydrogens is 434 g/mol.